The number of hydrogen-bond acceptors (Lipinski definition) is 1. The van der Waals surface area contributed by atoms with E-state index in [1.807, 2.05) is 16.1 Å². The molecule has 8 heavy (non-hydrogen) atoms. The molecule has 3 heteroatoms. The molecule has 0 aromatic carbocycles. The van der Waals surface area contributed by atoms with Crippen LogP contribution in [0.5, 0.6) is 0 Å². The van der Waals surface area contributed by atoms with Crippen LogP contribution >= 0.6 is 32.1 Å². The molecule has 1 aliphatic heterocycles. The van der Waals surface area contributed by atoms with Gasteiger partial charge in [0.15, 0.2) is 0 Å². The average molecular weight is 239 g/mol. The molecule has 0 N–H and O–H groups in total. The lowest BCUT2D eigenvalue weighted by molar-refractivity contribution is 0.702. The summed E-state index contributed by atoms with van der Waals surface area (Å²) in [5.74, 6) is 0. The Morgan fingerprint density at radius 3 is 2.75 bits per heavy atom. The van der Waals surface area contributed by atoms with Crippen molar-refractivity contribution in [3.05, 3.63) is 22.8 Å². The maximum Gasteiger partial charge on any atom is 0.0908 e. The zero-order chi connectivity index (χ0) is 5.98. The molecule has 0 atom stereocenters. The second kappa shape index (κ2) is 2.69. The Morgan fingerprint density at radius 2 is 2.38 bits per heavy atom. The van der Waals surface area contributed by atoms with Crippen molar-refractivity contribution in [1.82, 2.24) is 3.93 Å². The van der Waals surface area contributed by atoms with Crippen LogP contribution in [0.3, 0.4) is 0 Å². The molecule has 0 radical (unpaired) electrons. The Hall–Kier alpha value is 0.240. The predicted octanol–water partition coefficient (Wildman–Crippen LogP) is 2.40. The molecule has 0 spiro atoms. The van der Waals surface area contributed by atoms with E-state index >= 15 is 0 Å². The van der Waals surface area contributed by atoms with Crippen LogP contribution in [0.1, 0.15) is 0 Å². The van der Waals surface area contributed by atoms with E-state index < -0.39 is 0 Å². The first kappa shape index (κ1) is 6.36. The quantitative estimate of drug-likeness (QED) is 0.463. The van der Waals surface area contributed by atoms with Gasteiger partial charge in [0.05, 0.1) is 20.8 Å². The molecule has 1 aliphatic rings. The van der Waals surface area contributed by atoms with Crippen LogP contribution in [-0.4, -0.2) is 10.5 Å². The topological polar surface area (TPSA) is 3.24 Å². The van der Waals surface area contributed by atoms with Gasteiger partial charge in [-0.05, 0) is 22.0 Å². The Labute approximate surface area is 65.5 Å². The Balaban J connectivity index is 2.66. The number of rotatable bonds is 0. The number of hydrogen-bond donors (Lipinski definition) is 0. The molecule has 0 amide bonds. The Kier molecular flexibility index (Phi) is 2.14. The van der Waals surface area contributed by atoms with Crippen molar-refractivity contribution in [2.75, 3.05) is 6.54 Å². The zero-order valence-corrected chi connectivity index (χ0v) is 7.31. The van der Waals surface area contributed by atoms with Crippen molar-refractivity contribution in [1.29, 1.82) is 0 Å². The van der Waals surface area contributed by atoms with E-state index in [1.54, 1.807) is 0 Å². The van der Waals surface area contributed by atoms with Gasteiger partial charge in [-0.3, -0.25) is 3.93 Å². The minimum atomic E-state index is 0.928. The van der Waals surface area contributed by atoms with Crippen molar-refractivity contribution < 1.29 is 0 Å². The second-order valence-electron chi connectivity index (χ2n) is 1.46. The third-order valence-corrected chi connectivity index (χ3v) is 2.71. The molecular formula is C5H5Br2N. The fourth-order valence-corrected chi connectivity index (χ4v) is 1.05. The molecular weight excluding hydrogens is 234 g/mol. The highest BCUT2D eigenvalue weighted by Gasteiger charge is 2.00. The smallest absolute Gasteiger partial charge is 0.0908 e. The van der Waals surface area contributed by atoms with Crippen LogP contribution in [-0.2, 0) is 0 Å². The van der Waals surface area contributed by atoms with Gasteiger partial charge in [-0.25, -0.2) is 0 Å². The van der Waals surface area contributed by atoms with Crippen molar-refractivity contribution in [2.45, 2.75) is 0 Å². The molecule has 0 unspecified atom stereocenters. The first-order valence-electron chi connectivity index (χ1n) is 2.26. The molecule has 0 saturated heterocycles. The van der Waals surface area contributed by atoms with Gasteiger partial charge in [-0.1, -0.05) is 12.2 Å². The summed E-state index contributed by atoms with van der Waals surface area (Å²) in [7, 11) is 0. The van der Waals surface area contributed by atoms with Crippen molar-refractivity contribution >= 4 is 32.1 Å². The summed E-state index contributed by atoms with van der Waals surface area (Å²) in [6.07, 6.45) is 6.07. The summed E-state index contributed by atoms with van der Waals surface area (Å²) in [6.45, 7) is 0.928. The van der Waals surface area contributed by atoms with E-state index in [0.717, 1.165) is 11.2 Å². The fourth-order valence-electron chi connectivity index (χ4n) is 0.469. The van der Waals surface area contributed by atoms with Gasteiger partial charge in [-0.15, -0.1) is 0 Å². The second-order valence-corrected chi connectivity index (χ2v) is 3.13. The van der Waals surface area contributed by atoms with Crippen molar-refractivity contribution in [2.24, 2.45) is 0 Å². The van der Waals surface area contributed by atoms with E-state index in [1.165, 1.54) is 0 Å². The van der Waals surface area contributed by atoms with Gasteiger partial charge in [0.25, 0.3) is 0 Å². The summed E-state index contributed by atoms with van der Waals surface area (Å²) in [4.78, 5) is 0. The standard InChI is InChI=1S/C5H5Br2N/c6-5-3-1-2-4-8(5)7/h1-3H,4H2. The lowest BCUT2D eigenvalue weighted by atomic mass is 10.4. The van der Waals surface area contributed by atoms with Gasteiger partial charge in [0, 0.05) is 6.54 Å². The van der Waals surface area contributed by atoms with Crippen molar-refractivity contribution in [3.63, 3.8) is 0 Å². The minimum Gasteiger partial charge on any atom is -0.299 e. The van der Waals surface area contributed by atoms with E-state index in [-0.39, 0.29) is 0 Å². The maximum atomic E-state index is 3.34. The Bertz CT molecular complexity index is 139. The molecule has 0 aromatic rings. The summed E-state index contributed by atoms with van der Waals surface area (Å²) >= 11 is 6.66. The van der Waals surface area contributed by atoms with Crippen LogP contribution in [0, 0.1) is 0 Å². The van der Waals surface area contributed by atoms with Gasteiger partial charge >= 0.3 is 0 Å². The average Bonchev–Trinajstić information content (AvgIpc) is 1.77. The molecule has 1 rings (SSSR count). The molecule has 1 nitrogen and oxygen atoms in total. The molecule has 44 valence electrons. The summed E-state index contributed by atoms with van der Waals surface area (Å²) < 4.78 is 3.01. The largest absolute Gasteiger partial charge is 0.299 e. The maximum absolute atomic E-state index is 3.34. The zero-order valence-electron chi connectivity index (χ0n) is 4.14. The van der Waals surface area contributed by atoms with Gasteiger partial charge in [0.2, 0.25) is 0 Å². The molecule has 0 fully saturated rings. The minimum absolute atomic E-state index is 0.928. The Morgan fingerprint density at radius 1 is 1.62 bits per heavy atom. The van der Waals surface area contributed by atoms with E-state index in [4.69, 9.17) is 0 Å². The fraction of sp³-hybridized carbons (Fsp3) is 0.200. The normalized spacial score (nSPS) is 18.8. The van der Waals surface area contributed by atoms with Crippen LogP contribution in [0.15, 0.2) is 22.8 Å². The lowest BCUT2D eigenvalue weighted by Gasteiger charge is -2.14. The van der Waals surface area contributed by atoms with Crippen LogP contribution in [0.2, 0.25) is 0 Å². The van der Waals surface area contributed by atoms with Gasteiger partial charge in [-0.2, -0.15) is 0 Å². The monoisotopic (exact) mass is 237 g/mol. The van der Waals surface area contributed by atoms with Crippen LogP contribution in [0.4, 0.5) is 0 Å². The first-order valence-corrected chi connectivity index (χ1v) is 3.76. The summed E-state index contributed by atoms with van der Waals surface area (Å²) in [5.41, 5.74) is 0. The third-order valence-electron chi connectivity index (χ3n) is 0.867. The van der Waals surface area contributed by atoms with E-state index in [2.05, 4.69) is 38.2 Å². The first-order chi connectivity index (χ1) is 3.80. The number of halogens is 2. The summed E-state index contributed by atoms with van der Waals surface area (Å²) in [5, 5.41) is 0. The molecule has 0 saturated carbocycles. The lowest BCUT2D eigenvalue weighted by Crippen LogP contribution is -2.08. The van der Waals surface area contributed by atoms with Crippen LogP contribution < -0.4 is 0 Å². The highest BCUT2D eigenvalue weighted by atomic mass is 79.9. The molecule has 1 heterocycles. The number of nitrogens with zero attached hydrogens (tertiary/aromatic N) is 1. The molecule has 0 bridgehead atoms. The molecule has 0 aromatic heterocycles. The highest BCUT2D eigenvalue weighted by molar-refractivity contribution is 9.13. The van der Waals surface area contributed by atoms with Crippen LogP contribution in [0.25, 0.3) is 0 Å². The van der Waals surface area contributed by atoms with Crippen molar-refractivity contribution in [3.8, 4) is 0 Å². The number of allylic oxidation sites excluding steroid dienone is 2. The van der Waals surface area contributed by atoms with Gasteiger partial charge < -0.3 is 0 Å². The SMILES string of the molecule is BrC1=CC=CCN1Br. The predicted molar refractivity (Wildman–Crippen MR) is 41.8 cm³/mol. The van der Waals surface area contributed by atoms with E-state index in [0.29, 0.717) is 0 Å². The summed E-state index contributed by atoms with van der Waals surface area (Å²) in [6, 6.07) is 0. The third kappa shape index (κ3) is 1.36. The van der Waals surface area contributed by atoms with Gasteiger partial charge in [0.1, 0.15) is 0 Å². The highest BCUT2D eigenvalue weighted by Crippen LogP contribution is 2.18. The van der Waals surface area contributed by atoms with E-state index in [9.17, 15) is 0 Å². The molecule has 0 aliphatic carbocycles.